The first-order valence-electron chi connectivity index (χ1n) is 11.9. The number of rotatable bonds is 9. The number of nitrogens with one attached hydrogen (secondary N) is 1. The SMILES string of the molecule is CS(=O)(=O)N(CCCC(=O)Nc1ccc(S(=O)(=O)N2CCCCC2)cc1)c1ccc2c(c1)OCCO2. The van der Waals surface area contributed by atoms with Crippen LogP contribution in [0.3, 0.4) is 0 Å². The zero-order valence-electron chi connectivity index (χ0n) is 20.2. The number of anilines is 2. The minimum Gasteiger partial charge on any atom is -0.486 e. The van der Waals surface area contributed by atoms with Gasteiger partial charge in [-0.2, -0.15) is 4.31 Å². The summed E-state index contributed by atoms with van der Waals surface area (Å²) in [4.78, 5) is 12.7. The predicted molar refractivity (Wildman–Crippen MR) is 137 cm³/mol. The molecule has 196 valence electrons. The Hall–Kier alpha value is -2.83. The summed E-state index contributed by atoms with van der Waals surface area (Å²) < 4.78 is 64.1. The van der Waals surface area contributed by atoms with Crippen LogP contribution in [0.25, 0.3) is 0 Å². The number of amides is 1. The molecule has 1 fully saturated rings. The molecule has 0 radical (unpaired) electrons. The summed E-state index contributed by atoms with van der Waals surface area (Å²) in [7, 11) is -7.12. The summed E-state index contributed by atoms with van der Waals surface area (Å²) in [6.07, 6.45) is 4.25. The number of carbonyl (C=O) groups is 1. The van der Waals surface area contributed by atoms with Gasteiger partial charge in [-0.05, 0) is 55.7 Å². The highest BCUT2D eigenvalue weighted by Crippen LogP contribution is 2.34. The van der Waals surface area contributed by atoms with Crippen LogP contribution >= 0.6 is 0 Å². The van der Waals surface area contributed by atoms with Gasteiger partial charge in [-0.15, -0.1) is 0 Å². The molecule has 2 aliphatic heterocycles. The highest BCUT2D eigenvalue weighted by atomic mass is 32.2. The summed E-state index contributed by atoms with van der Waals surface area (Å²) in [5, 5.41) is 2.74. The molecule has 2 aromatic rings. The summed E-state index contributed by atoms with van der Waals surface area (Å²) in [5.74, 6) is 0.751. The quantitative estimate of drug-likeness (QED) is 0.522. The zero-order valence-corrected chi connectivity index (χ0v) is 21.8. The van der Waals surface area contributed by atoms with E-state index < -0.39 is 20.0 Å². The molecule has 2 aliphatic rings. The Morgan fingerprint density at radius 3 is 2.28 bits per heavy atom. The van der Waals surface area contributed by atoms with E-state index in [1.807, 2.05) is 0 Å². The third kappa shape index (κ3) is 6.29. The molecule has 10 nitrogen and oxygen atoms in total. The Labute approximate surface area is 212 Å². The van der Waals surface area contributed by atoms with Crippen LogP contribution < -0.4 is 19.1 Å². The Kier molecular flexibility index (Phi) is 8.06. The number of nitrogens with zero attached hydrogens (tertiary/aromatic N) is 2. The number of hydrogen-bond donors (Lipinski definition) is 1. The van der Waals surface area contributed by atoms with E-state index in [9.17, 15) is 21.6 Å². The molecule has 0 unspecified atom stereocenters. The molecule has 0 bridgehead atoms. The van der Waals surface area contributed by atoms with Gasteiger partial charge < -0.3 is 14.8 Å². The normalized spacial score (nSPS) is 16.4. The van der Waals surface area contributed by atoms with E-state index in [-0.39, 0.29) is 30.2 Å². The van der Waals surface area contributed by atoms with Crippen LogP contribution in [0, 0.1) is 0 Å². The van der Waals surface area contributed by atoms with E-state index in [2.05, 4.69) is 5.32 Å². The van der Waals surface area contributed by atoms with Gasteiger partial charge >= 0.3 is 0 Å². The van der Waals surface area contributed by atoms with Crippen LogP contribution in [0.5, 0.6) is 11.5 Å². The second kappa shape index (κ2) is 11.1. The van der Waals surface area contributed by atoms with Crippen molar-refractivity contribution >= 4 is 37.3 Å². The Morgan fingerprint density at radius 1 is 0.944 bits per heavy atom. The van der Waals surface area contributed by atoms with Crippen molar-refractivity contribution in [3.8, 4) is 11.5 Å². The van der Waals surface area contributed by atoms with Gasteiger partial charge in [-0.25, -0.2) is 16.8 Å². The third-order valence-electron chi connectivity index (χ3n) is 6.07. The standard InChI is InChI=1S/C24H31N3O7S2/c1-35(29,30)27(20-9-12-22-23(18-20)34-17-16-33-22)15-5-6-24(28)25-19-7-10-21(11-8-19)36(31,32)26-13-3-2-4-14-26/h7-12,18H,2-6,13-17H2,1H3,(H,25,28). The highest BCUT2D eigenvalue weighted by Gasteiger charge is 2.26. The van der Waals surface area contributed by atoms with Crippen LogP contribution in [0.2, 0.25) is 0 Å². The Balaban J connectivity index is 1.33. The van der Waals surface area contributed by atoms with Crippen molar-refractivity contribution in [2.45, 2.75) is 37.0 Å². The summed E-state index contributed by atoms with van der Waals surface area (Å²) >= 11 is 0. The first-order valence-corrected chi connectivity index (χ1v) is 15.2. The van der Waals surface area contributed by atoms with Crippen LogP contribution in [0.15, 0.2) is 47.4 Å². The lowest BCUT2D eigenvalue weighted by Crippen LogP contribution is -2.35. The van der Waals surface area contributed by atoms with E-state index in [1.165, 1.54) is 20.7 Å². The van der Waals surface area contributed by atoms with Crippen LogP contribution in [-0.2, 0) is 24.8 Å². The van der Waals surface area contributed by atoms with Crippen molar-refractivity contribution in [1.82, 2.24) is 4.31 Å². The van der Waals surface area contributed by atoms with Crippen molar-refractivity contribution in [3.63, 3.8) is 0 Å². The maximum absolute atomic E-state index is 12.8. The van der Waals surface area contributed by atoms with E-state index >= 15 is 0 Å². The highest BCUT2D eigenvalue weighted by molar-refractivity contribution is 7.92. The van der Waals surface area contributed by atoms with Gasteiger partial charge in [0.1, 0.15) is 13.2 Å². The third-order valence-corrected chi connectivity index (χ3v) is 9.18. The average Bonchev–Trinajstić information content (AvgIpc) is 2.86. The van der Waals surface area contributed by atoms with Crippen molar-refractivity contribution < 1.29 is 31.1 Å². The molecule has 1 amide bonds. The Morgan fingerprint density at radius 2 is 1.61 bits per heavy atom. The van der Waals surface area contributed by atoms with Crippen molar-refractivity contribution in [2.24, 2.45) is 0 Å². The first-order chi connectivity index (χ1) is 17.1. The fourth-order valence-corrected chi connectivity index (χ4v) is 6.72. The molecule has 1 saturated heterocycles. The van der Waals surface area contributed by atoms with Crippen LogP contribution in [-0.4, -0.2) is 66.2 Å². The van der Waals surface area contributed by atoms with E-state index in [0.717, 1.165) is 25.5 Å². The number of sulfonamides is 2. The van der Waals surface area contributed by atoms with Gasteiger partial charge in [0.15, 0.2) is 11.5 Å². The molecule has 0 saturated carbocycles. The van der Waals surface area contributed by atoms with Gasteiger partial charge in [0.2, 0.25) is 26.0 Å². The summed E-state index contributed by atoms with van der Waals surface area (Å²) in [5.41, 5.74) is 0.914. The van der Waals surface area contributed by atoms with Crippen molar-refractivity contribution in [3.05, 3.63) is 42.5 Å². The lowest BCUT2D eigenvalue weighted by atomic mass is 10.2. The molecule has 0 aliphatic carbocycles. The molecular weight excluding hydrogens is 506 g/mol. The number of carbonyl (C=O) groups excluding carboxylic acids is 1. The molecular formula is C24H31N3O7S2. The molecule has 2 heterocycles. The number of piperidine rings is 1. The topological polar surface area (TPSA) is 122 Å². The zero-order chi connectivity index (χ0) is 25.8. The van der Waals surface area contributed by atoms with Gasteiger partial charge in [0, 0.05) is 37.8 Å². The van der Waals surface area contributed by atoms with Gasteiger partial charge in [-0.3, -0.25) is 9.10 Å². The van der Waals surface area contributed by atoms with Gasteiger partial charge in [0.25, 0.3) is 0 Å². The molecule has 0 aromatic heterocycles. The van der Waals surface area contributed by atoms with Crippen molar-refractivity contribution in [2.75, 3.05) is 48.7 Å². The lowest BCUT2D eigenvalue weighted by Gasteiger charge is -2.26. The van der Waals surface area contributed by atoms with E-state index in [4.69, 9.17) is 9.47 Å². The van der Waals surface area contributed by atoms with Gasteiger partial charge in [-0.1, -0.05) is 6.42 Å². The molecule has 1 N–H and O–H groups in total. The Bertz CT molecular complexity index is 1290. The minimum atomic E-state index is -3.59. The molecule has 12 heteroatoms. The van der Waals surface area contributed by atoms with E-state index in [0.29, 0.717) is 49.2 Å². The largest absolute Gasteiger partial charge is 0.486 e. The molecule has 0 spiro atoms. The summed E-state index contributed by atoms with van der Waals surface area (Å²) in [6.45, 7) is 1.99. The van der Waals surface area contributed by atoms with Crippen molar-refractivity contribution in [1.29, 1.82) is 0 Å². The number of ether oxygens (including phenoxy) is 2. The van der Waals surface area contributed by atoms with Crippen LogP contribution in [0.4, 0.5) is 11.4 Å². The van der Waals surface area contributed by atoms with Gasteiger partial charge in [0.05, 0.1) is 16.8 Å². The average molecular weight is 538 g/mol. The van der Waals surface area contributed by atoms with Crippen LogP contribution in [0.1, 0.15) is 32.1 Å². The minimum absolute atomic E-state index is 0.0877. The fourth-order valence-electron chi connectivity index (χ4n) is 4.24. The smallest absolute Gasteiger partial charge is 0.243 e. The second-order valence-electron chi connectivity index (χ2n) is 8.80. The number of fused-ring (bicyclic) bond motifs is 1. The maximum Gasteiger partial charge on any atom is 0.243 e. The fraction of sp³-hybridized carbons (Fsp3) is 0.458. The summed E-state index contributed by atoms with van der Waals surface area (Å²) in [6, 6.07) is 11.0. The molecule has 36 heavy (non-hydrogen) atoms. The second-order valence-corrected chi connectivity index (χ2v) is 12.6. The monoisotopic (exact) mass is 537 g/mol. The lowest BCUT2D eigenvalue weighted by molar-refractivity contribution is -0.116. The maximum atomic E-state index is 12.8. The van der Waals surface area contributed by atoms with E-state index in [1.54, 1.807) is 30.3 Å². The molecule has 2 aromatic carbocycles. The number of benzene rings is 2. The predicted octanol–water partition coefficient (Wildman–Crippen LogP) is 2.82. The number of hydrogen-bond acceptors (Lipinski definition) is 7. The molecule has 4 rings (SSSR count). The first kappa shape index (κ1) is 26.2. The molecule has 0 atom stereocenters.